The van der Waals surface area contributed by atoms with Gasteiger partial charge in [0.15, 0.2) is 5.83 Å². The van der Waals surface area contributed by atoms with Crippen LogP contribution in [0.1, 0.15) is 20.3 Å². The summed E-state index contributed by atoms with van der Waals surface area (Å²) >= 11 is 0. The lowest BCUT2D eigenvalue weighted by Gasteiger charge is -2.04. The Balaban J connectivity index is 3.52. The molecule has 0 aromatic carbocycles. The summed E-state index contributed by atoms with van der Waals surface area (Å²) in [6.07, 6.45) is 0.599. The van der Waals surface area contributed by atoms with E-state index >= 15 is 0 Å². The van der Waals surface area contributed by atoms with E-state index in [4.69, 9.17) is 9.84 Å². The van der Waals surface area contributed by atoms with Crippen molar-refractivity contribution in [3.63, 3.8) is 0 Å². The molecule has 0 saturated heterocycles. The average molecular weight is 219 g/mol. The summed E-state index contributed by atoms with van der Waals surface area (Å²) in [6.45, 7) is 4.16. The minimum absolute atomic E-state index is 0.0151. The first-order valence-corrected chi connectivity index (χ1v) is 4.89. The number of hydrogen-bond acceptors (Lipinski definition) is 3. The van der Waals surface area contributed by atoms with Gasteiger partial charge in [-0.2, -0.15) is 0 Å². The molecule has 0 spiro atoms. The SMILES string of the molecule is CC(C)=C(F)C(=O)NCCCOCCO. The zero-order valence-electron chi connectivity index (χ0n) is 9.18. The highest BCUT2D eigenvalue weighted by atomic mass is 19.1. The predicted octanol–water partition coefficient (Wildman–Crippen LogP) is 0.765. The van der Waals surface area contributed by atoms with E-state index < -0.39 is 11.7 Å². The van der Waals surface area contributed by atoms with Crippen molar-refractivity contribution in [3.05, 3.63) is 11.4 Å². The Morgan fingerprint density at radius 1 is 1.40 bits per heavy atom. The molecular formula is C10H18FNO3. The van der Waals surface area contributed by atoms with Gasteiger partial charge in [0, 0.05) is 13.2 Å². The molecule has 0 aromatic heterocycles. The van der Waals surface area contributed by atoms with Crippen molar-refractivity contribution in [1.29, 1.82) is 0 Å². The van der Waals surface area contributed by atoms with Crippen molar-refractivity contribution in [2.75, 3.05) is 26.4 Å². The average Bonchev–Trinajstić information content (AvgIpc) is 2.21. The molecule has 1 amide bonds. The third-order valence-electron chi connectivity index (χ3n) is 1.62. The van der Waals surface area contributed by atoms with Gasteiger partial charge in [-0.05, 0) is 25.8 Å². The van der Waals surface area contributed by atoms with E-state index in [0.29, 0.717) is 25.1 Å². The maximum absolute atomic E-state index is 13.0. The van der Waals surface area contributed by atoms with Crippen molar-refractivity contribution >= 4 is 5.91 Å². The van der Waals surface area contributed by atoms with Crippen LogP contribution in [0.5, 0.6) is 0 Å². The largest absolute Gasteiger partial charge is 0.394 e. The lowest BCUT2D eigenvalue weighted by Crippen LogP contribution is -2.26. The molecular weight excluding hydrogens is 201 g/mol. The summed E-state index contributed by atoms with van der Waals surface area (Å²) in [4.78, 5) is 11.0. The molecule has 0 bridgehead atoms. The molecule has 0 rings (SSSR count). The predicted molar refractivity (Wildman–Crippen MR) is 55.0 cm³/mol. The fourth-order valence-corrected chi connectivity index (χ4v) is 0.847. The van der Waals surface area contributed by atoms with Crippen molar-refractivity contribution in [2.45, 2.75) is 20.3 Å². The fraction of sp³-hybridized carbons (Fsp3) is 0.700. The van der Waals surface area contributed by atoms with Gasteiger partial charge < -0.3 is 15.2 Å². The number of carbonyl (C=O) groups excluding carboxylic acids is 1. The Kier molecular flexibility index (Phi) is 7.85. The standard InChI is InChI=1S/C10H18FNO3/c1-8(2)9(11)10(14)12-4-3-6-15-7-5-13/h13H,3-7H2,1-2H3,(H,12,14). The van der Waals surface area contributed by atoms with Gasteiger partial charge in [-0.25, -0.2) is 4.39 Å². The van der Waals surface area contributed by atoms with Crippen LogP contribution in [-0.2, 0) is 9.53 Å². The third kappa shape index (κ3) is 7.04. The van der Waals surface area contributed by atoms with E-state index in [1.807, 2.05) is 0 Å². The Bertz CT molecular complexity index is 225. The number of halogens is 1. The van der Waals surface area contributed by atoms with Gasteiger partial charge in [0.25, 0.3) is 5.91 Å². The molecule has 0 atom stereocenters. The number of aliphatic hydroxyl groups excluding tert-OH is 1. The van der Waals surface area contributed by atoms with E-state index in [-0.39, 0.29) is 13.2 Å². The molecule has 0 saturated carbocycles. The van der Waals surface area contributed by atoms with E-state index in [0.717, 1.165) is 0 Å². The first kappa shape index (κ1) is 14.1. The highest BCUT2D eigenvalue weighted by Crippen LogP contribution is 2.03. The van der Waals surface area contributed by atoms with Crippen molar-refractivity contribution < 1.29 is 19.0 Å². The van der Waals surface area contributed by atoms with E-state index in [2.05, 4.69) is 5.32 Å². The number of allylic oxidation sites excluding steroid dienone is 1. The lowest BCUT2D eigenvalue weighted by molar-refractivity contribution is -0.119. The van der Waals surface area contributed by atoms with Gasteiger partial charge in [-0.3, -0.25) is 4.79 Å². The van der Waals surface area contributed by atoms with Crippen molar-refractivity contribution in [2.24, 2.45) is 0 Å². The summed E-state index contributed by atoms with van der Waals surface area (Å²) in [5, 5.41) is 10.8. The molecule has 0 heterocycles. The molecule has 15 heavy (non-hydrogen) atoms. The minimum atomic E-state index is -0.730. The molecule has 0 unspecified atom stereocenters. The van der Waals surface area contributed by atoms with Gasteiger partial charge >= 0.3 is 0 Å². The van der Waals surface area contributed by atoms with E-state index in [9.17, 15) is 9.18 Å². The highest BCUT2D eigenvalue weighted by molar-refractivity contribution is 5.91. The lowest BCUT2D eigenvalue weighted by atomic mass is 10.3. The smallest absolute Gasteiger partial charge is 0.279 e. The number of hydrogen-bond donors (Lipinski definition) is 2. The minimum Gasteiger partial charge on any atom is -0.394 e. The monoisotopic (exact) mass is 219 g/mol. The highest BCUT2D eigenvalue weighted by Gasteiger charge is 2.08. The fourth-order valence-electron chi connectivity index (χ4n) is 0.847. The summed E-state index contributed by atoms with van der Waals surface area (Å²) < 4.78 is 17.9. The summed E-state index contributed by atoms with van der Waals surface area (Å²) in [7, 11) is 0. The zero-order valence-corrected chi connectivity index (χ0v) is 9.18. The number of aliphatic hydroxyl groups is 1. The Labute approximate surface area is 89.1 Å². The normalized spacial score (nSPS) is 9.87. The molecule has 88 valence electrons. The molecule has 0 radical (unpaired) electrons. The third-order valence-corrected chi connectivity index (χ3v) is 1.62. The quantitative estimate of drug-likeness (QED) is 0.491. The van der Waals surface area contributed by atoms with Crippen LogP contribution in [0.4, 0.5) is 4.39 Å². The second-order valence-electron chi connectivity index (χ2n) is 3.26. The maximum atomic E-state index is 13.0. The van der Waals surface area contributed by atoms with Crippen LogP contribution in [0.3, 0.4) is 0 Å². The van der Waals surface area contributed by atoms with Gasteiger partial charge in [-0.15, -0.1) is 0 Å². The molecule has 4 nitrogen and oxygen atoms in total. The van der Waals surface area contributed by atoms with E-state index in [1.165, 1.54) is 0 Å². The molecule has 2 N–H and O–H groups in total. The Morgan fingerprint density at radius 2 is 2.07 bits per heavy atom. The second-order valence-corrected chi connectivity index (χ2v) is 3.26. The van der Waals surface area contributed by atoms with Gasteiger partial charge in [0.1, 0.15) is 0 Å². The van der Waals surface area contributed by atoms with Gasteiger partial charge in [0.05, 0.1) is 13.2 Å². The molecule has 0 aliphatic rings. The van der Waals surface area contributed by atoms with Crippen LogP contribution in [0.2, 0.25) is 0 Å². The van der Waals surface area contributed by atoms with Crippen LogP contribution < -0.4 is 5.32 Å². The Morgan fingerprint density at radius 3 is 2.60 bits per heavy atom. The zero-order chi connectivity index (χ0) is 11.7. The van der Waals surface area contributed by atoms with Crippen molar-refractivity contribution in [3.8, 4) is 0 Å². The first-order valence-electron chi connectivity index (χ1n) is 4.89. The molecule has 0 fully saturated rings. The summed E-state index contributed by atoms with van der Waals surface area (Å²) in [6, 6.07) is 0. The van der Waals surface area contributed by atoms with Crippen molar-refractivity contribution in [1.82, 2.24) is 5.32 Å². The molecule has 5 heteroatoms. The molecule has 0 aromatic rings. The molecule has 0 aliphatic heterocycles. The van der Waals surface area contributed by atoms with Crippen LogP contribution in [-0.4, -0.2) is 37.4 Å². The van der Waals surface area contributed by atoms with E-state index in [1.54, 1.807) is 13.8 Å². The van der Waals surface area contributed by atoms with Crippen LogP contribution in [0.15, 0.2) is 11.4 Å². The Hall–Kier alpha value is -0.940. The number of amides is 1. The molecule has 0 aliphatic carbocycles. The van der Waals surface area contributed by atoms with Gasteiger partial charge in [-0.1, -0.05) is 0 Å². The van der Waals surface area contributed by atoms with Gasteiger partial charge in [0.2, 0.25) is 0 Å². The van der Waals surface area contributed by atoms with Crippen LogP contribution in [0, 0.1) is 0 Å². The topological polar surface area (TPSA) is 58.6 Å². The summed E-state index contributed by atoms with van der Waals surface area (Å²) in [5.74, 6) is -1.41. The second kappa shape index (κ2) is 8.38. The van der Waals surface area contributed by atoms with Crippen LogP contribution >= 0.6 is 0 Å². The first-order chi connectivity index (χ1) is 7.09. The number of rotatable bonds is 7. The number of nitrogens with one attached hydrogen (secondary N) is 1. The number of carbonyl (C=O) groups is 1. The summed E-state index contributed by atoms with van der Waals surface area (Å²) in [5.41, 5.74) is 0.365. The number of ether oxygens (including phenoxy) is 1. The van der Waals surface area contributed by atoms with Crippen LogP contribution in [0.25, 0.3) is 0 Å². The maximum Gasteiger partial charge on any atom is 0.279 e.